The molecule has 1 aromatic carbocycles. The Kier molecular flexibility index (Phi) is 7.55. The second kappa shape index (κ2) is 9.91. The van der Waals surface area contributed by atoms with Crippen LogP contribution in [0.4, 0.5) is 5.95 Å². The van der Waals surface area contributed by atoms with E-state index in [1.54, 1.807) is 18.3 Å². The predicted molar refractivity (Wildman–Crippen MR) is 115 cm³/mol. The fraction of sp³-hybridized carbons (Fsp3) is 0.545. The maximum Gasteiger partial charge on any atom is 0.396 e. The molecule has 0 unspecified atom stereocenters. The summed E-state index contributed by atoms with van der Waals surface area (Å²) in [5.74, 6) is 0.791. The number of halogens is 2. The first-order valence-corrected chi connectivity index (χ1v) is 11.1. The van der Waals surface area contributed by atoms with Gasteiger partial charge in [-0.2, -0.15) is 0 Å². The van der Waals surface area contributed by atoms with E-state index in [1.807, 2.05) is 27.8 Å². The van der Waals surface area contributed by atoms with Crippen molar-refractivity contribution in [1.29, 1.82) is 0 Å². The first kappa shape index (κ1) is 21.4. The van der Waals surface area contributed by atoms with Crippen LogP contribution in [0.1, 0.15) is 63.9 Å². The molecule has 6 heteroatoms. The summed E-state index contributed by atoms with van der Waals surface area (Å²) in [6.45, 7) is 3.42. The molecule has 152 valence electrons. The van der Waals surface area contributed by atoms with Crippen LogP contribution in [-0.4, -0.2) is 16.6 Å². The van der Waals surface area contributed by atoms with Crippen molar-refractivity contribution in [3.63, 3.8) is 0 Å². The molecule has 2 heterocycles. The lowest BCUT2D eigenvalue weighted by Crippen LogP contribution is -2.46. The van der Waals surface area contributed by atoms with Gasteiger partial charge >= 0.3 is 5.95 Å². The van der Waals surface area contributed by atoms with Crippen molar-refractivity contribution in [2.45, 2.75) is 70.6 Å². The van der Waals surface area contributed by atoms with E-state index in [9.17, 15) is 5.11 Å². The minimum atomic E-state index is -1.17. The zero-order chi connectivity index (χ0) is 20.0. The third-order valence-corrected chi connectivity index (χ3v) is 6.23. The van der Waals surface area contributed by atoms with Crippen LogP contribution >= 0.6 is 23.2 Å². The van der Waals surface area contributed by atoms with Crippen LogP contribution in [0.5, 0.6) is 0 Å². The van der Waals surface area contributed by atoms with Crippen LogP contribution in [0.15, 0.2) is 36.7 Å². The van der Waals surface area contributed by atoms with Crippen LogP contribution in [0, 0.1) is 0 Å². The SMILES string of the molecule is CCCCCCCCCCN1c2nccc[n+]2C[C@@]1(O)c1ccc(Cl)c(Cl)c1. The number of nitrogens with zero attached hydrogens (tertiary/aromatic N) is 3. The van der Waals surface area contributed by atoms with Gasteiger partial charge in [-0.05, 0) is 18.6 Å². The summed E-state index contributed by atoms with van der Waals surface area (Å²) in [6, 6.07) is 7.24. The van der Waals surface area contributed by atoms with Gasteiger partial charge in [0.2, 0.25) is 5.72 Å². The molecule has 0 aliphatic carbocycles. The molecular formula is C22H30Cl2N3O+. The van der Waals surface area contributed by atoms with Crippen LogP contribution in [0.2, 0.25) is 10.0 Å². The number of fused-ring (bicyclic) bond motifs is 1. The molecule has 1 atom stereocenters. The standard InChI is InChI=1S/C22H30Cl2N3O/c1-2-3-4-5-6-7-8-9-15-27-21-25-13-10-14-26(21)17-22(27,28)18-11-12-19(23)20(24)16-18/h10-14,16,28H,2-9,15,17H2,1H3/q+1/t22-/m1/s1. The van der Waals surface area contributed by atoms with Crippen molar-refractivity contribution in [2.75, 3.05) is 11.4 Å². The van der Waals surface area contributed by atoms with E-state index in [2.05, 4.69) is 11.9 Å². The third-order valence-electron chi connectivity index (χ3n) is 5.49. The smallest absolute Gasteiger partial charge is 0.353 e. The van der Waals surface area contributed by atoms with E-state index < -0.39 is 5.72 Å². The van der Waals surface area contributed by atoms with E-state index in [0.29, 0.717) is 16.6 Å². The Hall–Kier alpha value is -1.36. The van der Waals surface area contributed by atoms with E-state index in [1.165, 1.54) is 38.5 Å². The highest BCUT2D eigenvalue weighted by Crippen LogP contribution is 2.36. The largest absolute Gasteiger partial charge is 0.396 e. The molecule has 0 bridgehead atoms. The number of aromatic nitrogens is 2. The average Bonchev–Trinajstić information content (AvgIpc) is 2.98. The number of benzene rings is 1. The lowest BCUT2D eigenvalue weighted by Gasteiger charge is -2.28. The summed E-state index contributed by atoms with van der Waals surface area (Å²) in [7, 11) is 0. The Bertz CT molecular complexity index is 786. The van der Waals surface area contributed by atoms with E-state index in [4.69, 9.17) is 23.2 Å². The van der Waals surface area contributed by atoms with Gasteiger partial charge in [-0.15, -0.1) is 0 Å². The quantitative estimate of drug-likeness (QED) is 0.406. The highest BCUT2D eigenvalue weighted by atomic mass is 35.5. The summed E-state index contributed by atoms with van der Waals surface area (Å²) in [6.07, 6.45) is 13.7. The van der Waals surface area contributed by atoms with Crippen LogP contribution in [0.25, 0.3) is 0 Å². The van der Waals surface area contributed by atoms with Crippen molar-refractivity contribution in [3.8, 4) is 0 Å². The third kappa shape index (κ3) is 4.79. The molecule has 0 radical (unpaired) electrons. The van der Waals surface area contributed by atoms with Gasteiger partial charge in [-0.1, -0.05) is 86.1 Å². The topological polar surface area (TPSA) is 40.2 Å². The molecule has 0 amide bonds. The normalized spacial score (nSPS) is 18.5. The van der Waals surface area contributed by atoms with Crippen LogP contribution in [-0.2, 0) is 12.3 Å². The van der Waals surface area contributed by atoms with E-state index in [-0.39, 0.29) is 0 Å². The van der Waals surface area contributed by atoms with Crippen molar-refractivity contribution in [1.82, 2.24) is 4.98 Å². The molecular weight excluding hydrogens is 393 g/mol. The molecule has 1 aliphatic rings. The maximum atomic E-state index is 11.6. The molecule has 3 rings (SSSR count). The summed E-state index contributed by atoms with van der Waals surface area (Å²) >= 11 is 12.3. The van der Waals surface area contributed by atoms with Gasteiger partial charge in [0, 0.05) is 11.6 Å². The Morgan fingerprint density at radius 3 is 2.50 bits per heavy atom. The predicted octanol–water partition coefficient (Wildman–Crippen LogP) is 5.48. The Morgan fingerprint density at radius 2 is 1.79 bits per heavy atom. The average molecular weight is 423 g/mol. The van der Waals surface area contributed by atoms with Crippen molar-refractivity contribution in [3.05, 3.63) is 52.3 Å². The van der Waals surface area contributed by atoms with Gasteiger partial charge in [0.1, 0.15) is 12.7 Å². The summed E-state index contributed by atoms with van der Waals surface area (Å²) in [5, 5.41) is 12.6. The molecule has 1 aromatic heterocycles. The Labute approximate surface area is 178 Å². The van der Waals surface area contributed by atoms with Gasteiger partial charge in [-0.3, -0.25) is 0 Å². The number of hydrogen-bond donors (Lipinski definition) is 1. The lowest BCUT2D eigenvalue weighted by atomic mass is 10.0. The molecule has 1 aliphatic heterocycles. The lowest BCUT2D eigenvalue weighted by molar-refractivity contribution is -0.685. The fourth-order valence-corrected chi connectivity index (χ4v) is 4.21. The molecule has 0 saturated carbocycles. The van der Waals surface area contributed by atoms with Crippen LogP contribution < -0.4 is 9.47 Å². The number of hydrogen-bond acceptors (Lipinski definition) is 3. The maximum absolute atomic E-state index is 11.6. The van der Waals surface area contributed by atoms with Gasteiger partial charge in [0.25, 0.3) is 0 Å². The minimum Gasteiger partial charge on any atom is -0.353 e. The molecule has 0 fully saturated rings. The first-order valence-electron chi connectivity index (χ1n) is 10.4. The molecule has 0 spiro atoms. The zero-order valence-electron chi connectivity index (χ0n) is 16.6. The second-order valence-corrected chi connectivity index (χ2v) is 8.43. The Morgan fingerprint density at radius 1 is 1.07 bits per heavy atom. The monoisotopic (exact) mass is 422 g/mol. The first-order chi connectivity index (χ1) is 13.6. The molecule has 28 heavy (non-hydrogen) atoms. The number of anilines is 1. The van der Waals surface area contributed by atoms with Crippen molar-refractivity contribution < 1.29 is 9.67 Å². The van der Waals surface area contributed by atoms with Crippen LogP contribution in [0.3, 0.4) is 0 Å². The number of rotatable bonds is 10. The minimum absolute atomic E-state index is 0.422. The number of aliphatic hydroxyl groups is 1. The van der Waals surface area contributed by atoms with Gasteiger partial charge in [0.15, 0.2) is 0 Å². The summed E-state index contributed by atoms with van der Waals surface area (Å²) in [5.41, 5.74) is -0.427. The fourth-order valence-electron chi connectivity index (χ4n) is 3.91. The van der Waals surface area contributed by atoms with Crippen molar-refractivity contribution in [2.24, 2.45) is 0 Å². The molecule has 1 N–H and O–H groups in total. The van der Waals surface area contributed by atoms with Gasteiger partial charge < -0.3 is 5.11 Å². The van der Waals surface area contributed by atoms with E-state index in [0.717, 1.165) is 30.9 Å². The second-order valence-electron chi connectivity index (χ2n) is 7.62. The van der Waals surface area contributed by atoms with Crippen molar-refractivity contribution >= 4 is 29.2 Å². The van der Waals surface area contributed by atoms with Gasteiger partial charge in [0.05, 0.1) is 22.8 Å². The molecule has 0 saturated heterocycles. The highest BCUT2D eigenvalue weighted by molar-refractivity contribution is 6.42. The zero-order valence-corrected chi connectivity index (χ0v) is 18.1. The summed E-state index contributed by atoms with van der Waals surface area (Å²) in [4.78, 5) is 6.52. The van der Waals surface area contributed by atoms with E-state index >= 15 is 0 Å². The number of unbranched alkanes of at least 4 members (excludes halogenated alkanes) is 7. The molecule has 2 aromatic rings. The van der Waals surface area contributed by atoms with Gasteiger partial charge in [-0.25, -0.2) is 9.47 Å². The highest BCUT2D eigenvalue weighted by Gasteiger charge is 2.51. The molecule has 4 nitrogen and oxygen atoms in total. The Balaban J connectivity index is 1.67. The summed E-state index contributed by atoms with van der Waals surface area (Å²) < 4.78 is 1.99.